The van der Waals surface area contributed by atoms with E-state index in [0.29, 0.717) is 11.3 Å². The van der Waals surface area contributed by atoms with E-state index in [0.717, 1.165) is 0 Å². The normalized spacial score (nSPS) is 15.2. The summed E-state index contributed by atoms with van der Waals surface area (Å²) < 4.78 is 37.5. The highest BCUT2D eigenvalue weighted by Gasteiger charge is 2.36. The second kappa shape index (κ2) is 5.99. The summed E-state index contributed by atoms with van der Waals surface area (Å²) in [5.41, 5.74) is 0.0909. The average molecular weight is 365 g/mol. The monoisotopic (exact) mass is 365 g/mol. The van der Waals surface area contributed by atoms with E-state index in [1.165, 1.54) is 0 Å². The van der Waals surface area contributed by atoms with Crippen LogP contribution in [-0.4, -0.2) is 22.0 Å². The molecule has 1 aliphatic rings. The molecule has 3 rings (SSSR count). The second-order valence-electron chi connectivity index (χ2n) is 4.73. The highest BCUT2D eigenvalue weighted by molar-refractivity contribution is 7.15. The van der Waals surface area contributed by atoms with Crippen LogP contribution in [0.2, 0.25) is 0 Å². The standard InChI is InChI=1S/C14H6F3N5O2S/c15-14(16,17)12-21-22-13(25-12)20-10(23)7(5-18)9-6-3-1-2-4-8(6)19-11(9)24/h1-4H,(H,19,24)(H,20,22,23). The van der Waals surface area contributed by atoms with Crippen LogP contribution in [-0.2, 0) is 15.8 Å². The number of anilines is 2. The number of aromatic nitrogens is 2. The van der Waals surface area contributed by atoms with Crippen LogP contribution in [0.15, 0.2) is 29.8 Å². The third kappa shape index (κ3) is 3.07. The lowest BCUT2D eigenvalue weighted by molar-refractivity contribution is -0.138. The molecule has 25 heavy (non-hydrogen) atoms. The van der Waals surface area contributed by atoms with E-state index in [9.17, 15) is 28.0 Å². The number of halogens is 3. The maximum atomic E-state index is 12.5. The van der Waals surface area contributed by atoms with Crippen LogP contribution in [0.3, 0.4) is 0 Å². The number of rotatable bonds is 2. The summed E-state index contributed by atoms with van der Waals surface area (Å²) in [4.78, 5) is 24.3. The first-order valence-electron chi connectivity index (χ1n) is 6.58. The van der Waals surface area contributed by atoms with Crippen molar-refractivity contribution in [3.63, 3.8) is 0 Å². The Hall–Kier alpha value is -3.26. The molecule has 1 aliphatic heterocycles. The molecule has 0 saturated carbocycles. The van der Waals surface area contributed by atoms with Crippen LogP contribution in [0.5, 0.6) is 0 Å². The van der Waals surface area contributed by atoms with Gasteiger partial charge in [-0.05, 0) is 6.07 Å². The number of nitrogens with one attached hydrogen (secondary N) is 2. The molecule has 0 unspecified atom stereocenters. The first kappa shape index (κ1) is 16.6. The zero-order valence-electron chi connectivity index (χ0n) is 12.0. The first-order valence-corrected chi connectivity index (χ1v) is 7.40. The van der Waals surface area contributed by atoms with E-state index in [-0.39, 0.29) is 16.9 Å². The summed E-state index contributed by atoms with van der Waals surface area (Å²) in [6.45, 7) is 0. The minimum Gasteiger partial charge on any atom is -0.321 e. The van der Waals surface area contributed by atoms with Crippen molar-refractivity contribution in [3.8, 4) is 6.07 Å². The Bertz CT molecular complexity index is 958. The molecule has 11 heteroatoms. The average Bonchev–Trinajstić information content (AvgIpc) is 3.13. The Kier molecular flexibility index (Phi) is 3.97. The molecule has 1 aromatic heterocycles. The smallest absolute Gasteiger partial charge is 0.321 e. The molecule has 2 aromatic rings. The van der Waals surface area contributed by atoms with E-state index < -0.39 is 33.7 Å². The summed E-state index contributed by atoms with van der Waals surface area (Å²) >= 11 is 0.113. The van der Waals surface area contributed by atoms with Crippen molar-refractivity contribution in [3.05, 3.63) is 40.4 Å². The molecule has 0 aliphatic carbocycles. The van der Waals surface area contributed by atoms with Gasteiger partial charge in [-0.1, -0.05) is 29.5 Å². The zero-order chi connectivity index (χ0) is 18.2. The molecule has 0 fully saturated rings. The second-order valence-corrected chi connectivity index (χ2v) is 5.70. The molecule has 0 bridgehead atoms. The number of para-hydroxylation sites is 1. The van der Waals surface area contributed by atoms with Gasteiger partial charge in [-0.3, -0.25) is 14.9 Å². The van der Waals surface area contributed by atoms with Crippen molar-refractivity contribution in [1.82, 2.24) is 10.2 Å². The highest BCUT2D eigenvalue weighted by Crippen LogP contribution is 2.35. The quantitative estimate of drug-likeness (QED) is 0.628. The molecule has 7 nitrogen and oxygen atoms in total. The van der Waals surface area contributed by atoms with Gasteiger partial charge in [0.05, 0.1) is 5.57 Å². The fraction of sp³-hybridized carbons (Fsp3) is 0.0714. The summed E-state index contributed by atoms with van der Waals surface area (Å²) in [5, 5.41) is 18.3. The summed E-state index contributed by atoms with van der Waals surface area (Å²) in [6.07, 6.45) is -4.69. The maximum Gasteiger partial charge on any atom is 0.445 e. The molecule has 0 atom stereocenters. The number of carbonyl (C=O) groups is 2. The minimum atomic E-state index is -4.69. The first-order chi connectivity index (χ1) is 11.8. The number of hydrogen-bond donors (Lipinski definition) is 2. The number of benzene rings is 1. The van der Waals surface area contributed by atoms with Crippen molar-refractivity contribution in [2.45, 2.75) is 6.18 Å². The molecular weight excluding hydrogens is 359 g/mol. The number of nitrogens with zero attached hydrogens (tertiary/aromatic N) is 3. The number of amides is 2. The van der Waals surface area contributed by atoms with Gasteiger partial charge < -0.3 is 5.32 Å². The summed E-state index contributed by atoms with van der Waals surface area (Å²) in [6, 6.07) is 8.02. The molecule has 0 radical (unpaired) electrons. The van der Waals surface area contributed by atoms with Crippen molar-refractivity contribution < 1.29 is 22.8 Å². The Balaban J connectivity index is 1.94. The van der Waals surface area contributed by atoms with Gasteiger partial charge in [-0.15, -0.1) is 10.2 Å². The Morgan fingerprint density at radius 3 is 2.64 bits per heavy atom. The molecule has 2 heterocycles. The van der Waals surface area contributed by atoms with Gasteiger partial charge >= 0.3 is 6.18 Å². The summed E-state index contributed by atoms with van der Waals surface area (Å²) in [5.74, 6) is -1.70. The van der Waals surface area contributed by atoms with E-state index >= 15 is 0 Å². The third-order valence-corrected chi connectivity index (χ3v) is 4.03. The van der Waals surface area contributed by atoms with Crippen LogP contribution >= 0.6 is 11.3 Å². The van der Waals surface area contributed by atoms with Crippen LogP contribution in [0.25, 0.3) is 5.57 Å². The molecular formula is C14H6F3N5O2S. The number of alkyl halides is 3. The van der Waals surface area contributed by atoms with Gasteiger partial charge in [0.2, 0.25) is 10.1 Å². The van der Waals surface area contributed by atoms with E-state index in [4.69, 9.17) is 0 Å². The van der Waals surface area contributed by atoms with Crippen LogP contribution in [0, 0.1) is 11.3 Å². The topological polar surface area (TPSA) is 108 Å². The zero-order valence-corrected chi connectivity index (χ0v) is 12.8. The predicted octanol–water partition coefficient (Wildman–Crippen LogP) is 2.42. The minimum absolute atomic E-state index is 0.113. The van der Waals surface area contributed by atoms with Crippen molar-refractivity contribution in [1.29, 1.82) is 5.26 Å². The third-order valence-electron chi connectivity index (χ3n) is 3.15. The molecule has 0 spiro atoms. The molecule has 0 saturated heterocycles. The van der Waals surface area contributed by atoms with Gasteiger partial charge in [-0.2, -0.15) is 18.4 Å². The lowest BCUT2D eigenvalue weighted by Gasteiger charge is -2.03. The van der Waals surface area contributed by atoms with Gasteiger partial charge in [0.25, 0.3) is 11.8 Å². The van der Waals surface area contributed by atoms with Crippen molar-refractivity contribution >= 4 is 39.5 Å². The fourth-order valence-corrected chi connectivity index (χ4v) is 2.74. The number of nitriles is 1. The molecule has 1 aromatic carbocycles. The van der Waals surface area contributed by atoms with Gasteiger partial charge in [0.1, 0.15) is 11.6 Å². The van der Waals surface area contributed by atoms with E-state index in [2.05, 4.69) is 20.8 Å². The molecule has 2 amide bonds. The largest absolute Gasteiger partial charge is 0.445 e. The number of fused-ring (bicyclic) bond motifs is 1. The fourth-order valence-electron chi connectivity index (χ4n) is 2.13. The SMILES string of the molecule is N#CC(C(=O)Nc1nnc(C(F)(F)F)s1)=C1C(=O)Nc2ccccc21. The van der Waals surface area contributed by atoms with E-state index in [1.807, 2.05) is 0 Å². The lowest BCUT2D eigenvalue weighted by atomic mass is 10.0. The maximum absolute atomic E-state index is 12.5. The van der Waals surface area contributed by atoms with Crippen LogP contribution < -0.4 is 10.6 Å². The highest BCUT2D eigenvalue weighted by atomic mass is 32.1. The Labute approximate surface area is 141 Å². The van der Waals surface area contributed by atoms with Gasteiger partial charge in [0.15, 0.2) is 0 Å². The Morgan fingerprint density at radius 1 is 1.28 bits per heavy atom. The predicted molar refractivity (Wildman–Crippen MR) is 81.1 cm³/mol. The van der Waals surface area contributed by atoms with Crippen LogP contribution in [0.1, 0.15) is 10.6 Å². The molecule has 2 N–H and O–H groups in total. The van der Waals surface area contributed by atoms with E-state index in [1.54, 1.807) is 30.3 Å². The number of carbonyl (C=O) groups excluding carboxylic acids is 2. The van der Waals surface area contributed by atoms with Gasteiger partial charge in [0, 0.05) is 11.3 Å². The van der Waals surface area contributed by atoms with Crippen molar-refractivity contribution in [2.24, 2.45) is 0 Å². The van der Waals surface area contributed by atoms with Crippen molar-refractivity contribution in [2.75, 3.05) is 10.6 Å². The summed E-state index contributed by atoms with van der Waals surface area (Å²) in [7, 11) is 0. The Morgan fingerprint density at radius 2 is 2.00 bits per heavy atom. The van der Waals surface area contributed by atoms with Gasteiger partial charge in [-0.25, -0.2) is 0 Å². The van der Waals surface area contributed by atoms with Crippen LogP contribution in [0.4, 0.5) is 24.0 Å². The molecule has 126 valence electrons. The lowest BCUT2D eigenvalue weighted by Crippen LogP contribution is -2.17. The number of hydrogen-bond acceptors (Lipinski definition) is 6.